The Morgan fingerprint density at radius 1 is 1.00 bits per heavy atom. The first-order valence-corrected chi connectivity index (χ1v) is 9.85. The molecule has 0 amide bonds. The summed E-state index contributed by atoms with van der Waals surface area (Å²) in [5.74, 6) is -0.185. The van der Waals surface area contributed by atoms with Crippen LogP contribution >= 0.6 is 0 Å². The number of benzene rings is 2. The zero-order valence-corrected chi connectivity index (χ0v) is 16.9. The van der Waals surface area contributed by atoms with Crippen LogP contribution in [0.25, 0.3) is 11.4 Å². The Labute approximate surface area is 183 Å². The van der Waals surface area contributed by atoms with Gasteiger partial charge in [0.15, 0.2) is 0 Å². The summed E-state index contributed by atoms with van der Waals surface area (Å²) in [6.45, 7) is 0.737. The third-order valence-electron chi connectivity index (χ3n) is 5.23. The first-order valence-electron chi connectivity index (χ1n) is 9.85. The van der Waals surface area contributed by atoms with Crippen LogP contribution < -0.4 is 10.3 Å². The average Bonchev–Trinajstić information content (AvgIpc) is 2.73. The maximum atomic E-state index is 12.8. The lowest BCUT2D eigenvalue weighted by atomic mass is 10.0. The molecule has 2 heterocycles. The number of rotatable bonds is 4. The van der Waals surface area contributed by atoms with Gasteiger partial charge < -0.3 is 9.72 Å². The number of para-hydroxylation sites is 1. The molecule has 3 aromatic rings. The summed E-state index contributed by atoms with van der Waals surface area (Å²) in [5.41, 5.74) is 0.290. The van der Waals surface area contributed by atoms with Crippen LogP contribution in [0.15, 0.2) is 53.3 Å². The van der Waals surface area contributed by atoms with Gasteiger partial charge in [-0.3, -0.25) is 9.69 Å². The number of hydrogen-bond donors (Lipinski definition) is 1. The van der Waals surface area contributed by atoms with Crippen LogP contribution in [0.3, 0.4) is 0 Å². The molecule has 33 heavy (non-hydrogen) atoms. The zero-order valence-electron chi connectivity index (χ0n) is 16.9. The third kappa shape index (κ3) is 5.36. The predicted octanol–water partition coefficient (Wildman–Crippen LogP) is 4.91. The number of hydrogen-bond acceptors (Lipinski definition) is 4. The third-order valence-corrected chi connectivity index (χ3v) is 5.23. The van der Waals surface area contributed by atoms with E-state index >= 15 is 0 Å². The van der Waals surface area contributed by atoms with Crippen molar-refractivity contribution in [2.45, 2.75) is 32.0 Å². The van der Waals surface area contributed by atoms with Crippen molar-refractivity contribution in [3.8, 4) is 17.1 Å². The molecule has 0 bridgehead atoms. The molecule has 0 saturated carbocycles. The molecule has 1 N–H and O–H groups in total. The Kier molecular flexibility index (Phi) is 5.91. The number of alkyl halides is 6. The fourth-order valence-corrected chi connectivity index (χ4v) is 3.68. The summed E-state index contributed by atoms with van der Waals surface area (Å²) >= 11 is 0. The number of nitrogens with zero attached hydrogens (tertiary/aromatic N) is 2. The van der Waals surface area contributed by atoms with Gasteiger partial charge in [0.2, 0.25) is 0 Å². The lowest BCUT2D eigenvalue weighted by Gasteiger charge is -2.28. The highest BCUT2D eigenvalue weighted by atomic mass is 19.4. The number of nitrogens with one attached hydrogen (secondary N) is 1. The number of ether oxygens (including phenoxy) is 1. The van der Waals surface area contributed by atoms with Crippen molar-refractivity contribution >= 4 is 0 Å². The summed E-state index contributed by atoms with van der Waals surface area (Å²) in [4.78, 5) is 21.4. The van der Waals surface area contributed by atoms with Gasteiger partial charge in [0, 0.05) is 36.3 Å². The predicted molar refractivity (Wildman–Crippen MR) is 106 cm³/mol. The molecule has 0 unspecified atom stereocenters. The molecule has 1 aliphatic heterocycles. The van der Waals surface area contributed by atoms with Gasteiger partial charge in [0.25, 0.3) is 5.56 Å². The van der Waals surface area contributed by atoms with Gasteiger partial charge in [-0.2, -0.15) is 13.2 Å². The van der Waals surface area contributed by atoms with Crippen molar-refractivity contribution in [1.29, 1.82) is 0 Å². The second kappa shape index (κ2) is 8.54. The van der Waals surface area contributed by atoms with Crippen molar-refractivity contribution in [2.24, 2.45) is 0 Å². The van der Waals surface area contributed by atoms with E-state index in [0.717, 1.165) is 12.1 Å². The Bertz CT molecular complexity index is 1200. The van der Waals surface area contributed by atoms with Crippen molar-refractivity contribution < 1.29 is 31.1 Å². The van der Waals surface area contributed by atoms with Crippen LogP contribution in [0.2, 0.25) is 0 Å². The standard InChI is InChI=1S/C22H17F6N3O2/c23-21(24,25)15-7-5-13(6-8-15)19-29-17-12-31(10-9-16(17)20(32)30-19)11-14-3-1-2-4-18(14)33-22(26,27)28/h1-8H,9-12H2,(H,29,30,32). The van der Waals surface area contributed by atoms with E-state index in [9.17, 15) is 31.1 Å². The van der Waals surface area contributed by atoms with E-state index in [-0.39, 0.29) is 24.7 Å². The van der Waals surface area contributed by atoms with Crippen LogP contribution in [0.5, 0.6) is 5.75 Å². The fraction of sp³-hybridized carbons (Fsp3) is 0.273. The molecule has 5 nitrogen and oxygen atoms in total. The zero-order chi connectivity index (χ0) is 23.8. The monoisotopic (exact) mass is 469 g/mol. The molecule has 1 aliphatic rings. The van der Waals surface area contributed by atoms with E-state index in [4.69, 9.17) is 0 Å². The van der Waals surface area contributed by atoms with Crippen LogP contribution in [-0.4, -0.2) is 27.8 Å². The molecule has 0 saturated heterocycles. The van der Waals surface area contributed by atoms with E-state index in [1.165, 1.54) is 30.3 Å². The Hall–Kier alpha value is -3.34. The van der Waals surface area contributed by atoms with E-state index in [0.29, 0.717) is 35.3 Å². The number of fused-ring (bicyclic) bond motifs is 1. The largest absolute Gasteiger partial charge is 0.573 e. The van der Waals surface area contributed by atoms with Gasteiger partial charge in [-0.25, -0.2) is 4.98 Å². The number of H-pyrrole nitrogens is 1. The van der Waals surface area contributed by atoms with Gasteiger partial charge >= 0.3 is 12.5 Å². The van der Waals surface area contributed by atoms with Crippen molar-refractivity contribution in [3.63, 3.8) is 0 Å². The molecule has 2 aromatic carbocycles. The van der Waals surface area contributed by atoms with E-state index in [2.05, 4.69) is 14.7 Å². The molecule has 1 aromatic heterocycles. The van der Waals surface area contributed by atoms with Crippen molar-refractivity contribution in [3.05, 3.63) is 81.3 Å². The maximum Gasteiger partial charge on any atom is 0.573 e. The van der Waals surface area contributed by atoms with Crippen LogP contribution in [0.4, 0.5) is 26.3 Å². The van der Waals surface area contributed by atoms with Gasteiger partial charge in [-0.1, -0.05) is 30.3 Å². The molecule has 174 valence electrons. The lowest BCUT2D eigenvalue weighted by Crippen LogP contribution is -2.35. The number of halogens is 6. The molecule has 0 aliphatic carbocycles. The first kappa shape index (κ1) is 22.8. The van der Waals surface area contributed by atoms with Crippen molar-refractivity contribution in [2.75, 3.05) is 6.54 Å². The van der Waals surface area contributed by atoms with E-state index in [1.807, 2.05) is 4.90 Å². The molecule has 4 rings (SSSR count). The van der Waals surface area contributed by atoms with Gasteiger partial charge in [0.05, 0.1) is 11.3 Å². The van der Waals surface area contributed by atoms with Gasteiger partial charge in [0.1, 0.15) is 11.6 Å². The minimum absolute atomic E-state index is 0.120. The molecule has 0 atom stereocenters. The minimum atomic E-state index is -4.82. The van der Waals surface area contributed by atoms with Crippen molar-refractivity contribution in [1.82, 2.24) is 14.9 Å². The average molecular weight is 469 g/mol. The fourth-order valence-electron chi connectivity index (χ4n) is 3.68. The van der Waals surface area contributed by atoms with E-state index < -0.39 is 23.7 Å². The lowest BCUT2D eigenvalue weighted by molar-refractivity contribution is -0.275. The van der Waals surface area contributed by atoms with Gasteiger partial charge in [-0.15, -0.1) is 13.2 Å². The molecule has 0 spiro atoms. The molecular weight excluding hydrogens is 452 g/mol. The Morgan fingerprint density at radius 2 is 1.70 bits per heavy atom. The second-order valence-electron chi connectivity index (χ2n) is 7.53. The first-order chi connectivity index (χ1) is 15.5. The summed E-state index contributed by atoms with van der Waals surface area (Å²) < 4.78 is 80.6. The molecular formula is C22H17F6N3O2. The normalized spacial score (nSPS) is 14.7. The van der Waals surface area contributed by atoms with Crippen LogP contribution in [0.1, 0.15) is 22.4 Å². The number of aromatic nitrogens is 2. The molecule has 0 radical (unpaired) electrons. The van der Waals surface area contributed by atoms with Crippen LogP contribution in [0, 0.1) is 0 Å². The second-order valence-corrected chi connectivity index (χ2v) is 7.53. The topological polar surface area (TPSA) is 58.2 Å². The summed E-state index contributed by atoms with van der Waals surface area (Å²) in [7, 11) is 0. The molecule has 0 fully saturated rings. The summed E-state index contributed by atoms with van der Waals surface area (Å²) in [5, 5.41) is 0. The highest BCUT2D eigenvalue weighted by Crippen LogP contribution is 2.31. The Balaban J connectivity index is 1.57. The van der Waals surface area contributed by atoms with Crippen LogP contribution in [-0.2, 0) is 25.7 Å². The number of aromatic amines is 1. The highest BCUT2D eigenvalue weighted by molar-refractivity contribution is 5.56. The Morgan fingerprint density at radius 3 is 2.36 bits per heavy atom. The summed E-state index contributed by atoms with van der Waals surface area (Å²) in [6, 6.07) is 10.0. The minimum Gasteiger partial charge on any atom is -0.405 e. The summed E-state index contributed by atoms with van der Waals surface area (Å²) in [6.07, 6.45) is -8.98. The maximum absolute atomic E-state index is 12.8. The van der Waals surface area contributed by atoms with E-state index in [1.54, 1.807) is 6.07 Å². The smallest absolute Gasteiger partial charge is 0.405 e. The molecule has 11 heteroatoms. The van der Waals surface area contributed by atoms with Gasteiger partial charge in [-0.05, 0) is 24.6 Å². The highest BCUT2D eigenvalue weighted by Gasteiger charge is 2.33. The SMILES string of the molecule is O=c1[nH]c(-c2ccc(C(F)(F)F)cc2)nc2c1CCN(Cc1ccccc1OC(F)(F)F)C2. The quantitative estimate of drug-likeness (QED) is 0.552.